The first kappa shape index (κ1) is 24.6. The lowest BCUT2D eigenvalue weighted by atomic mass is 10.0. The molecule has 2 fully saturated rings. The van der Waals surface area contributed by atoms with E-state index in [0.717, 1.165) is 13.1 Å². The number of hydrogen-bond donors (Lipinski definition) is 2. The van der Waals surface area contributed by atoms with Crippen molar-refractivity contribution in [3.05, 3.63) is 65.2 Å². The number of rotatable bonds is 7. The van der Waals surface area contributed by atoms with E-state index in [9.17, 15) is 17.6 Å². The highest BCUT2D eigenvalue weighted by Crippen LogP contribution is 2.37. The van der Waals surface area contributed by atoms with Gasteiger partial charge in [-0.25, -0.2) is 12.8 Å². The summed E-state index contributed by atoms with van der Waals surface area (Å²) in [5.41, 5.74) is 6.05. The van der Waals surface area contributed by atoms with E-state index >= 15 is 0 Å². The number of carbonyl (C=O) groups excluding carboxylic acids is 1. The van der Waals surface area contributed by atoms with Crippen LogP contribution in [0.1, 0.15) is 23.3 Å². The smallest absolute Gasteiger partial charge is 0.271 e. The fourth-order valence-corrected chi connectivity index (χ4v) is 6.07. The quantitative estimate of drug-likeness (QED) is 0.481. The van der Waals surface area contributed by atoms with Crippen LogP contribution in [0, 0.1) is 5.82 Å². The molecule has 0 atom stereocenters. The van der Waals surface area contributed by atoms with Crippen LogP contribution in [0.3, 0.4) is 0 Å². The predicted molar refractivity (Wildman–Crippen MR) is 134 cm³/mol. The number of carbonyl (C=O) groups is 1. The van der Waals surface area contributed by atoms with Gasteiger partial charge >= 0.3 is 0 Å². The highest BCUT2D eigenvalue weighted by atomic mass is 35.5. The molecule has 1 saturated carbocycles. The average Bonchev–Trinajstić information content (AvgIpc) is 3.71. The second kappa shape index (κ2) is 9.74. The van der Waals surface area contributed by atoms with Gasteiger partial charge in [-0.3, -0.25) is 9.69 Å². The number of nitrogens with two attached hydrogens (primary N) is 1. The molecule has 1 aliphatic heterocycles. The Morgan fingerprint density at radius 3 is 2.39 bits per heavy atom. The van der Waals surface area contributed by atoms with E-state index in [0.29, 0.717) is 24.8 Å². The Bertz CT molecular complexity index is 1390. The average molecular weight is 531 g/mol. The maximum Gasteiger partial charge on any atom is 0.271 e. The number of anilines is 2. The van der Waals surface area contributed by atoms with E-state index in [1.165, 1.54) is 53.7 Å². The standard InChI is InChI=1S/C24H24ClFN6O3S/c25-19-2-1-3-20(26)21(19)18-14-28-30-23(24(27)33)22(18)29-15-4-8-17(9-5-15)36(34,35)32-12-10-31(11-13-32)16-6-7-16/h1-5,8-9,14,16H,6-7,10-13H2,(H2,27,33)(H,28,29). The summed E-state index contributed by atoms with van der Waals surface area (Å²) >= 11 is 6.24. The number of aromatic nitrogens is 2. The van der Waals surface area contributed by atoms with E-state index in [1.807, 2.05) is 0 Å². The van der Waals surface area contributed by atoms with Crippen LogP contribution in [0.5, 0.6) is 0 Å². The third-order valence-corrected chi connectivity index (χ3v) is 8.64. The fraction of sp³-hybridized carbons (Fsp3) is 0.292. The van der Waals surface area contributed by atoms with Crippen molar-refractivity contribution in [2.75, 3.05) is 31.5 Å². The Kier molecular flexibility index (Phi) is 6.64. The van der Waals surface area contributed by atoms with Crippen molar-refractivity contribution in [2.24, 2.45) is 5.73 Å². The number of sulfonamides is 1. The van der Waals surface area contributed by atoms with Gasteiger partial charge in [-0.05, 0) is 49.2 Å². The minimum Gasteiger partial charge on any atom is -0.364 e. The van der Waals surface area contributed by atoms with Crippen molar-refractivity contribution in [3.63, 3.8) is 0 Å². The molecule has 9 nitrogen and oxygen atoms in total. The minimum absolute atomic E-state index is 0.0311. The van der Waals surface area contributed by atoms with Crippen LogP contribution in [0.4, 0.5) is 15.8 Å². The largest absolute Gasteiger partial charge is 0.364 e. The van der Waals surface area contributed by atoms with Crippen molar-refractivity contribution in [1.82, 2.24) is 19.4 Å². The number of amides is 1. The van der Waals surface area contributed by atoms with Gasteiger partial charge in [0.1, 0.15) is 5.82 Å². The third-order valence-electron chi connectivity index (χ3n) is 6.41. The van der Waals surface area contributed by atoms with Gasteiger partial charge in [0.2, 0.25) is 10.0 Å². The summed E-state index contributed by atoms with van der Waals surface area (Å²) < 4.78 is 42.5. The zero-order chi connectivity index (χ0) is 25.4. The molecule has 0 spiro atoms. The van der Waals surface area contributed by atoms with Crippen LogP contribution in [0.25, 0.3) is 11.1 Å². The molecular formula is C24H24ClFN6O3S. The number of hydrogen-bond acceptors (Lipinski definition) is 7. The Morgan fingerprint density at radius 2 is 1.78 bits per heavy atom. The van der Waals surface area contributed by atoms with Crippen molar-refractivity contribution >= 4 is 38.9 Å². The fourth-order valence-electron chi connectivity index (χ4n) is 4.38. The first-order valence-corrected chi connectivity index (χ1v) is 13.3. The number of nitrogens with zero attached hydrogens (tertiary/aromatic N) is 4. The lowest BCUT2D eigenvalue weighted by Gasteiger charge is -2.34. The monoisotopic (exact) mass is 530 g/mol. The summed E-state index contributed by atoms with van der Waals surface area (Å²) in [6.45, 7) is 2.37. The van der Waals surface area contributed by atoms with Gasteiger partial charge in [-0.2, -0.15) is 9.40 Å². The van der Waals surface area contributed by atoms with Crippen LogP contribution in [-0.2, 0) is 10.0 Å². The number of nitrogens with one attached hydrogen (secondary N) is 1. The van der Waals surface area contributed by atoms with Crippen molar-refractivity contribution in [3.8, 4) is 11.1 Å². The Labute approximate surface area is 213 Å². The molecule has 12 heteroatoms. The Hall–Kier alpha value is -3.12. The maximum absolute atomic E-state index is 14.7. The molecular weight excluding hydrogens is 507 g/mol. The first-order chi connectivity index (χ1) is 17.3. The zero-order valence-corrected chi connectivity index (χ0v) is 20.8. The molecule has 5 rings (SSSR count). The third kappa shape index (κ3) is 4.79. The van der Waals surface area contributed by atoms with Crippen molar-refractivity contribution < 1.29 is 17.6 Å². The molecule has 1 aromatic heterocycles. The van der Waals surface area contributed by atoms with Gasteiger partial charge in [-0.1, -0.05) is 17.7 Å². The number of halogens is 2. The molecule has 1 saturated heterocycles. The second-order valence-electron chi connectivity index (χ2n) is 8.76. The van der Waals surface area contributed by atoms with E-state index in [-0.39, 0.29) is 32.4 Å². The van der Waals surface area contributed by atoms with Crippen molar-refractivity contribution in [1.29, 1.82) is 0 Å². The second-order valence-corrected chi connectivity index (χ2v) is 11.1. The lowest BCUT2D eigenvalue weighted by Crippen LogP contribution is -2.49. The molecule has 3 aromatic rings. The summed E-state index contributed by atoms with van der Waals surface area (Å²) in [5, 5.41) is 10.7. The summed E-state index contributed by atoms with van der Waals surface area (Å²) in [7, 11) is -3.65. The van der Waals surface area contributed by atoms with Gasteiger partial charge in [0, 0.05) is 49.0 Å². The van der Waals surface area contributed by atoms with Crippen molar-refractivity contribution in [2.45, 2.75) is 23.8 Å². The highest BCUT2D eigenvalue weighted by molar-refractivity contribution is 7.89. The number of benzene rings is 2. The summed E-state index contributed by atoms with van der Waals surface area (Å²) in [6.07, 6.45) is 3.66. The van der Waals surface area contributed by atoms with Gasteiger partial charge < -0.3 is 11.1 Å². The lowest BCUT2D eigenvalue weighted by molar-refractivity contribution is 0.0995. The van der Waals surface area contributed by atoms with Crippen LogP contribution < -0.4 is 11.1 Å². The number of primary amides is 1. The summed E-state index contributed by atoms with van der Waals surface area (Å²) in [4.78, 5) is 14.6. The molecule has 0 radical (unpaired) electrons. The molecule has 1 amide bonds. The Morgan fingerprint density at radius 1 is 1.08 bits per heavy atom. The Balaban J connectivity index is 1.42. The molecule has 2 heterocycles. The predicted octanol–water partition coefficient (Wildman–Crippen LogP) is 3.25. The molecule has 188 valence electrons. The van der Waals surface area contributed by atoms with E-state index < -0.39 is 21.7 Å². The van der Waals surface area contributed by atoms with Crippen LogP contribution in [0.2, 0.25) is 5.02 Å². The van der Waals surface area contributed by atoms with E-state index in [1.54, 1.807) is 12.1 Å². The number of piperazine rings is 1. The molecule has 0 bridgehead atoms. The van der Waals surface area contributed by atoms with E-state index in [4.69, 9.17) is 17.3 Å². The topological polar surface area (TPSA) is 122 Å². The van der Waals surface area contributed by atoms with Gasteiger partial charge in [-0.15, -0.1) is 5.10 Å². The maximum atomic E-state index is 14.7. The molecule has 0 unspecified atom stereocenters. The highest BCUT2D eigenvalue weighted by Gasteiger charge is 2.35. The molecule has 3 N–H and O–H groups in total. The molecule has 2 aliphatic rings. The van der Waals surface area contributed by atoms with Crippen LogP contribution in [0.15, 0.2) is 53.6 Å². The van der Waals surface area contributed by atoms with Gasteiger partial charge in [0.05, 0.1) is 21.8 Å². The molecule has 2 aromatic carbocycles. The zero-order valence-electron chi connectivity index (χ0n) is 19.2. The summed E-state index contributed by atoms with van der Waals surface area (Å²) in [5.74, 6) is -1.49. The SMILES string of the molecule is NC(=O)c1nncc(-c2c(F)cccc2Cl)c1Nc1ccc(S(=O)(=O)N2CCN(C3CC3)CC2)cc1. The van der Waals surface area contributed by atoms with Crippen LogP contribution in [-0.4, -0.2) is 65.9 Å². The van der Waals surface area contributed by atoms with E-state index in [2.05, 4.69) is 20.4 Å². The van der Waals surface area contributed by atoms with Gasteiger partial charge in [0.25, 0.3) is 5.91 Å². The van der Waals surface area contributed by atoms with Gasteiger partial charge in [0.15, 0.2) is 5.69 Å². The summed E-state index contributed by atoms with van der Waals surface area (Å²) in [6, 6.07) is 10.9. The minimum atomic E-state index is -3.65. The van der Waals surface area contributed by atoms with Crippen LogP contribution >= 0.6 is 11.6 Å². The molecule has 1 aliphatic carbocycles. The normalized spacial score (nSPS) is 17.2. The first-order valence-electron chi connectivity index (χ1n) is 11.5. The molecule has 36 heavy (non-hydrogen) atoms.